The Morgan fingerprint density at radius 2 is 1.82 bits per heavy atom. The number of hydrogen-bond donors (Lipinski definition) is 2. The van der Waals surface area contributed by atoms with Gasteiger partial charge in [0.15, 0.2) is 0 Å². The first kappa shape index (κ1) is 13.7. The molecule has 0 aliphatic heterocycles. The summed E-state index contributed by atoms with van der Waals surface area (Å²) in [4.78, 5) is 11.9. The lowest BCUT2D eigenvalue weighted by molar-refractivity contribution is -0.119. The molecule has 0 aromatic heterocycles. The van der Waals surface area contributed by atoms with Crippen LogP contribution in [0.5, 0.6) is 0 Å². The van der Waals surface area contributed by atoms with E-state index in [0.717, 1.165) is 12.1 Å². The molecule has 0 radical (unpaired) electrons. The third kappa shape index (κ3) is 3.86. The number of aryl methyl sites for hydroxylation is 1. The van der Waals surface area contributed by atoms with Crippen LogP contribution in [-0.2, 0) is 11.2 Å². The molecule has 3 heteroatoms. The third-order valence-corrected chi connectivity index (χ3v) is 2.85. The summed E-state index contributed by atoms with van der Waals surface area (Å²) < 4.78 is 0. The van der Waals surface area contributed by atoms with E-state index in [2.05, 4.69) is 12.2 Å². The van der Waals surface area contributed by atoms with Crippen LogP contribution in [0.15, 0.2) is 24.3 Å². The summed E-state index contributed by atoms with van der Waals surface area (Å²) in [6.07, 6.45) is 0.996. The maximum absolute atomic E-state index is 11.9. The van der Waals surface area contributed by atoms with Gasteiger partial charge in [-0.05, 0) is 29.5 Å². The summed E-state index contributed by atoms with van der Waals surface area (Å²) in [7, 11) is 0. The molecule has 0 bridgehead atoms. The highest BCUT2D eigenvalue weighted by molar-refractivity contribution is 5.95. The van der Waals surface area contributed by atoms with Crippen molar-refractivity contribution in [1.82, 2.24) is 0 Å². The van der Waals surface area contributed by atoms with Gasteiger partial charge in [-0.1, -0.05) is 39.8 Å². The number of benzene rings is 1. The van der Waals surface area contributed by atoms with Gasteiger partial charge in [-0.15, -0.1) is 0 Å². The molecule has 17 heavy (non-hydrogen) atoms. The molecule has 0 saturated heterocycles. The fourth-order valence-electron chi connectivity index (χ4n) is 1.44. The van der Waals surface area contributed by atoms with Crippen molar-refractivity contribution in [3.8, 4) is 0 Å². The molecule has 94 valence electrons. The average Bonchev–Trinajstić information content (AvgIpc) is 2.27. The average molecular weight is 234 g/mol. The van der Waals surface area contributed by atoms with E-state index in [1.54, 1.807) is 0 Å². The van der Waals surface area contributed by atoms with Gasteiger partial charge in [-0.25, -0.2) is 0 Å². The van der Waals surface area contributed by atoms with E-state index in [9.17, 15) is 4.79 Å². The molecule has 3 nitrogen and oxygen atoms in total. The Morgan fingerprint density at radius 1 is 1.29 bits per heavy atom. The molecule has 0 fully saturated rings. The zero-order valence-electron chi connectivity index (χ0n) is 11.1. The Labute approximate surface area is 103 Å². The molecular weight excluding hydrogens is 212 g/mol. The van der Waals surface area contributed by atoms with E-state index in [1.165, 1.54) is 5.56 Å². The van der Waals surface area contributed by atoms with Crippen molar-refractivity contribution in [3.05, 3.63) is 29.8 Å². The molecule has 1 aromatic carbocycles. The Hall–Kier alpha value is -1.35. The van der Waals surface area contributed by atoms with E-state index < -0.39 is 6.04 Å². The highest BCUT2D eigenvalue weighted by atomic mass is 16.2. The first-order valence-electron chi connectivity index (χ1n) is 6.00. The maximum atomic E-state index is 11.9. The van der Waals surface area contributed by atoms with Crippen LogP contribution in [0.4, 0.5) is 5.69 Å². The van der Waals surface area contributed by atoms with Crippen LogP contribution in [0.25, 0.3) is 0 Å². The van der Waals surface area contributed by atoms with Gasteiger partial charge < -0.3 is 11.1 Å². The maximum Gasteiger partial charge on any atom is 0.241 e. The van der Waals surface area contributed by atoms with Gasteiger partial charge in [-0.2, -0.15) is 0 Å². The summed E-state index contributed by atoms with van der Waals surface area (Å²) in [6.45, 7) is 7.97. The van der Waals surface area contributed by atoms with Crippen molar-refractivity contribution in [3.63, 3.8) is 0 Å². The van der Waals surface area contributed by atoms with Crippen LogP contribution in [0.2, 0.25) is 0 Å². The summed E-state index contributed by atoms with van der Waals surface area (Å²) in [5.41, 5.74) is 7.71. The standard InChI is InChI=1S/C14H22N2O/c1-5-10-6-8-11(9-7-10)16-13(17)12(15)14(2,3)4/h6-9,12H,5,15H2,1-4H3,(H,16,17)/t12-/m0/s1. The Kier molecular flexibility index (Phi) is 4.29. The van der Waals surface area contributed by atoms with E-state index in [1.807, 2.05) is 45.0 Å². The molecule has 0 unspecified atom stereocenters. The Morgan fingerprint density at radius 3 is 2.24 bits per heavy atom. The molecule has 1 rings (SSSR count). The molecule has 3 N–H and O–H groups in total. The van der Waals surface area contributed by atoms with Crippen LogP contribution in [0.3, 0.4) is 0 Å². The van der Waals surface area contributed by atoms with Crippen molar-refractivity contribution in [2.75, 3.05) is 5.32 Å². The number of anilines is 1. The van der Waals surface area contributed by atoms with E-state index in [4.69, 9.17) is 5.73 Å². The molecule has 0 aliphatic rings. The largest absolute Gasteiger partial charge is 0.325 e. The smallest absolute Gasteiger partial charge is 0.241 e. The fourth-order valence-corrected chi connectivity index (χ4v) is 1.44. The van der Waals surface area contributed by atoms with Gasteiger partial charge in [0.05, 0.1) is 6.04 Å². The molecule has 0 spiro atoms. The number of rotatable bonds is 3. The summed E-state index contributed by atoms with van der Waals surface area (Å²) in [5.74, 6) is -0.137. The summed E-state index contributed by atoms with van der Waals surface area (Å²) >= 11 is 0. The van der Waals surface area contributed by atoms with Crippen LogP contribution in [0, 0.1) is 5.41 Å². The van der Waals surface area contributed by atoms with Crippen LogP contribution >= 0.6 is 0 Å². The van der Waals surface area contributed by atoms with Gasteiger partial charge in [0.25, 0.3) is 0 Å². The number of hydrogen-bond acceptors (Lipinski definition) is 2. The summed E-state index contributed by atoms with van der Waals surface area (Å²) in [6, 6.07) is 7.34. The quantitative estimate of drug-likeness (QED) is 0.844. The van der Waals surface area contributed by atoms with Crippen molar-refractivity contribution in [2.45, 2.75) is 40.2 Å². The van der Waals surface area contributed by atoms with Crippen LogP contribution in [-0.4, -0.2) is 11.9 Å². The SMILES string of the molecule is CCc1ccc(NC(=O)[C@H](N)C(C)(C)C)cc1. The lowest BCUT2D eigenvalue weighted by atomic mass is 9.87. The number of nitrogens with two attached hydrogens (primary N) is 1. The van der Waals surface area contributed by atoms with Gasteiger partial charge >= 0.3 is 0 Å². The Bertz CT molecular complexity index is 376. The van der Waals surface area contributed by atoms with Crippen molar-refractivity contribution < 1.29 is 4.79 Å². The predicted molar refractivity (Wildman–Crippen MR) is 71.9 cm³/mol. The van der Waals surface area contributed by atoms with E-state index in [0.29, 0.717) is 0 Å². The summed E-state index contributed by atoms with van der Waals surface area (Å²) in [5, 5.41) is 2.84. The fraction of sp³-hybridized carbons (Fsp3) is 0.500. The first-order valence-corrected chi connectivity index (χ1v) is 6.00. The van der Waals surface area contributed by atoms with Crippen LogP contribution in [0.1, 0.15) is 33.3 Å². The monoisotopic (exact) mass is 234 g/mol. The predicted octanol–water partition coefficient (Wildman–Crippen LogP) is 2.56. The lowest BCUT2D eigenvalue weighted by Gasteiger charge is -2.25. The van der Waals surface area contributed by atoms with E-state index in [-0.39, 0.29) is 11.3 Å². The zero-order valence-corrected chi connectivity index (χ0v) is 11.1. The second-order valence-electron chi connectivity index (χ2n) is 5.38. The molecule has 0 heterocycles. The van der Waals surface area contributed by atoms with Gasteiger partial charge in [0, 0.05) is 5.69 Å². The molecular formula is C14H22N2O. The minimum atomic E-state index is -0.506. The highest BCUT2D eigenvalue weighted by Gasteiger charge is 2.27. The van der Waals surface area contributed by atoms with Crippen LogP contribution < -0.4 is 11.1 Å². The van der Waals surface area contributed by atoms with Gasteiger partial charge in [0.1, 0.15) is 0 Å². The zero-order chi connectivity index (χ0) is 13.1. The molecule has 1 aromatic rings. The third-order valence-electron chi connectivity index (χ3n) is 2.85. The van der Waals surface area contributed by atoms with E-state index >= 15 is 0 Å². The second kappa shape index (κ2) is 5.32. The van der Waals surface area contributed by atoms with Crippen molar-refractivity contribution in [1.29, 1.82) is 0 Å². The topological polar surface area (TPSA) is 55.1 Å². The minimum Gasteiger partial charge on any atom is -0.325 e. The second-order valence-corrected chi connectivity index (χ2v) is 5.38. The highest BCUT2D eigenvalue weighted by Crippen LogP contribution is 2.19. The number of carbonyl (C=O) groups excluding carboxylic acids is 1. The normalized spacial score (nSPS) is 13.2. The number of carbonyl (C=O) groups is 1. The minimum absolute atomic E-state index is 0.137. The lowest BCUT2D eigenvalue weighted by Crippen LogP contribution is -2.45. The van der Waals surface area contributed by atoms with Crippen molar-refractivity contribution >= 4 is 11.6 Å². The number of nitrogens with one attached hydrogen (secondary N) is 1. The Balaban J connectivity index is 2.68. The molecule has 1 amide bonds. The van der Waals surface area contributed by atoms with Gasteiger partial charge in [0.2, 0.25) is 5.91 Å². The molecule has 0 aliphatic carbocycles. The van der Waals surface area contributed by atoms with Gasteiger partial charge in [-0.3, -0.25) is 4.79 Å². The first-order chi connectivity index (χ1) is 7.84. The molecule has 1 atom stereocenters. The molecule has 0 saturated carbocycles. The van der Waals surface area contributed by atoms with Crippen molar-refractivity contribution in [2.24, 2.45) is 11.1 Å². The number of amides is 1.